The lowest BCUT2D eigenvalue weighted by Gasteiger charge is -2.18. The highest BCUT2D eigenvalue weighted by Gasteiger charge is 2.15. The molecule has 4 heteroatoms. The molecule has 146 valence electrons. The van der Waals surface area contributed by atoms with Crippen molar-refractivity contribution in [3.05, 3.63) is 58.1 Å². The van der Waals surface area contributed by atoms with E-state index in [4.69, 9.17) is 21.1 Å². The van der Waals surface area contributed by atoms with E-state index in [0.717, 1.165) is 28.4 Å². The van der Waals surface area contributed by atoms with Crippen molar-refractivity contribution >= 4 is 11.6 Å². The molecule has 0 aliphatic heterocycles. The quantitative estimate of drug-likeness (QED) is 0.586. The van der Waals surface area contributed by atoms with Gasteiger partial charge in [0.25, 0.3) is 0 Å². The SMILES string of the molecule is COc1cc(CNC2CCCCCC2)c(Cl)cc1OCc1ccc(C)cc1. The number of rotatable bonds is 7. The molecule has 0 atom stereocenters. The van der Waals surface area contributed by atoms with Gasteiger partial charge in [0.05, 0.1) is 7.11 Å². The maximum Gasteiger partial charge on any atom is 0.163 e. The molecule has 1 aliphatic rings. The van der Waals surface area contributed by atoms with Gasteiger partial charge in [0.2, 0.25) is 0 Å². The molecule has 27 heavy (non-hydrogen) atoms. The Morgan fingerprint density at radius 2 is 1.70 bits per heavy atom. The van der Waals surface area contributed by atoms with Crippen LogP contribution in [0.1, 0.15) is 55.2 Å². The molecule has 1 saturated carbocycles. The minimum atomic E-state index is 0.493. The lowest BCUT2D eigenvalue weighted by atomic mass is 10.1. The summed E-state index contributed by atoms with van der Waals surface area (Å²) in [5.74, 6) is 1.41. The minimum absolute atomic E-state index is 0.493. The van der Waals surface area contributed by atoms with Gasteiger partial charge in [0, 0.05) is 23.7 Å². The van der Waals surface area contributed by atoms with Gasteiger partial charge >= 0.3 is 0 Å². The highest BCUT2D eigenvalue weighted by Crippen LogP contribution is 2.34. The lowest BCUT2D eigenvalue weighted by Crippen LogP contribution is -2.28. The Kier molecular flexibility index (Phi) is 7.42. The summed E-state index contributed by atoms with van der Waals surface area (Å²) in [5, 5.41) is 4.39. The molecule has 0 unspecified atom stereocenters. The number of nitrogens with one attached hydrogen (secondary N) is 1. The van der Waals surface area contributed by atoms with Gasteiger partial charge in [-0.15, -0.1) is 0 Å². The minimum Gasteiger partial charge on any atom is -0.493 e. The van der Waals surface area contributed by atoms with Gasteiger partial charge in [-0.2, -0.15) is 0 Å². The van der Waals surface area contributed by atoms with E-state index in [1.807, 2.05) is 12.1 Å². The monoisotopic (exact) mass is 387 g/mol. The van der Waals surface area contributed by atoms with Gasteiger partial charge in [-0.05, 0) is 37.0 Å². The zero-order chi connectivity index (χ0) is 19.1. The fraction of sp³-hybridized carbons (Fsp3) is 0.478. The third kappa shape index (κ3) is 5.88. The van der Waals surface area contributed by atoms with Crippen molar-refractivity contribution in [2.75, 3.05) is 7.11 Å². The first-order valence-electron chi connectivity index (χ1n) is 9.94. The van der Waals surface area contributed by atoms with Crippen molar-refractivity contribution in [3.63, 3.8) is 0 Å². The van der Waals surface area contributed by atoms with Crippen LogP contribution in [0.3, 0.4) is 0 Å². The van der Waals surface area contributed by atoms with Gasteiger partial charge in [0.15, 0.2) is 11.5 Å². The summed E-state index contributed by atoms with van der Waals surface area (Å²) in [4.78, 5) is 0. The van der Waals surface area contributed by atoms with Crippen LogP contribution in [0.15, 0.2) is 36.4 Å². The van der Waals surface area contributed by atoms with Crippen molar-refractivity contribution in [3.8, 4) is 11.5 Å². The molecule has 2 aromatic rings. The predicted octanol–water partition coefficient (Wildman–Crippen LogP) is 6.05. The second-order valence-corrected chi connectivity index (χ2v) is 7.85. The Morgan fingerprint density at radius 3 is 2.37 bits per heavy atom. The number of hydrogen-bond donors (Lipinski definition) is 1. The van der Waals surface area contributed by atoms with Crippen LogP contribution in [0, 0.1) is 6.92 Å². The molecular formula is C23H30ClNO2. The molecule has 0 bridgehead atoms. The van der Waals surface area contributed by atoms with E-state index in [-0.39, 0.29) is 0 Å². The predicted molar refractivity (Wildman–Crippen MR) is 112 cm³/mol. The molecule has 0 spiro atoms. The Labute approximate surface area is 168 Å². The summed E-state index contributed by atoms with van der Waals surface area (Å²) in [7, 11) is 1.67. The fourth-order valence-corrected chi connectivity index (χ4v) is 3.79. The normalized spacial score (nSPS) is 15.4. The molecule has 1 N–H and O–H groups in total. The molecule has 2 aromatic carbocycles. The standard InChI is InChI=1S/C23H30ClNO2/c1-17-9-11-18(12-10-17)16-27-23-14-21(24)19(13-22(23)26-2)15-25-20-7-5-3-4-6-8-20/h9-14,20,25H,3-8,15-16H2,1-2H3. The summed E-state index contributed by atoms with van der Waals surface area (Å²) in [6, 6.07) is 12.8. The van der Waals surface area contributed by atoms with Crippen LogP contribution in [0.4, 0.5) is 0 Å². The second-order valence-electron chi connectivity index (χ2n) is 7.44. The smallest absolute Gasteiger partial charge is 0.163 e. The van der Waals surface area contributed by atoms with Crippen LogP contribution >= 0.6 is 11.6 Å². The molecule has 3 rings (SSSR count). The average molecular weight is 388 g/mol. The van der Waals surface area contributed by atoms with Crippen LogP contribution in [0.5, 0.6) is 11.5 Å². The Bertz CT molecular complexity index is 722. The topological polar surface area (TPSA) is 30.5 Å². The molecule has 1 fully saturated rings. The van der Waals surface area contributed by atoms with E-state index in [1.54, 1.807) is 7.11 Å². The van der Waals surface area contributed by atoms with E-state index in [1.165, 1.54) is 44.1 Å². The molecule has 0 heterocycles. The highest BCUT2D eigenvalue weighted by atomic mass is 35.5. The average Bonchev–Trinajstić information content (AvgIpc) is 2.95. The summed E-state index contributed by atoms with van der Waals surface area (Å²) < 4.78 is 11.5. The molecule has 0 amide bonds. The zero-order valence-corrected chi connectivity index (χ0v) is 17.1. The third-order valence-electron chi connectivity index (χ3n) is 5.28. The first-order chi connectivity index (χ1) is 13.2. The summed E-state index contributed by atoms with van der Waals surface area (Å²) in [5.41, 5.74) is 3.42. The van der Waals surface area contributed by atoms with Crippen molar-refractivity contribution in [1.29, 1.82) is 0 Å². The molecule has 0 saturated heterocycles. The number of methoxy groups -OCH3 is 1. The number of hydrogen-bond acceptors (Lipinski definition) is 3. The fourth-order valence-electron chi connectivity index (χ4n) is 3.57. The van der Waals surface area contributed by atoms with E-state index in [9.17, 15) is 0 Å². The van der Waals surface area contributed by atoms with Crippen LogP contribution in [0.2, 0.25) is 5.02 Å². The van der Waals surface area contributed by atoms with Gasteiger partial charge in [-0.25, -0.2) is 0 Å². The Balaban J connectivity index is 1.63. The van der Waals surface area contributed by atoms with E-state index >= 15 is 0 Å². The number of ether oxygens (including phenoxy) is 2. The van der Waals surface area contributed by atoms with Gasteiger partial charge in [-0.1, -0.05) is 67.1 Å². The summed E-state index contributed by atoms with van der Waals surface area (Å²) in [6.07, 6.45) is 7.87. The van der Waals surface area contributed by atoms with E-state index < -0.39 is 0 Å². The van der Waals surface area contributed by atoms with E-state index in [0.29, 0.717) is 18.4 Å². The second kappa shape index (κ2) is 10.0. The van der Waals surface area contributed by atoms with Crippen LogP contribution in [-0.4, -0.2) is 13.2 Å². The third-order valence-corrected chi connectivity index (χ3v) is 5.64. The maximum absolute atomic E-state index is 6.54. The van der Waals surface area contributed by atoms with Crippen molar-refractivity contribution in [1.82, 2.24) is 5.32 Å². The van der Waals surface area contributed by atoms with Crippen LogP contribution < -0.4 is 14.8 Å². The van der Waals surface area contributed by atoms with Crippen molar-refractivity contribution in [2.24, 2.45) is 0 Å². The lowest BCUT2D eigenvalue weighted by molar-refractivity contribution is 0.284. The van der Waals surface area contributed by atoms with Gasteiger partial charge in [-0.3, -0.25) is 0 Å². The zero-order valence-electron chi connectivity index (χ0n) is 16.4. The maximum atomic E-state index is 6.54. The first kappa shape index (κ1) is 20.0. The van der Waals surface area contributed by atoms with Gasteiger partial charge < -0.3 is 14.8 Å². The summed E-state index contributed by atoms with van der Waals surface area (Å²) >= 11 is 6.54. The van der Waals surface area contributed by atoms with Crippen molar-refractivity contribution < 1.29 is 9.47 Å². The number of halogens is 1. The molecule has 1 aliphatic carbocycles. The number of benzene rings is 2. The van der Waals surface area contributed by atoms with E-state index in [2.05, 4.69) is 36.5 Å². The number of aryl methyl sites for hydroxylation is 1. The largest absolute Gasteiger partial charge is 0.493 e. The van der Waals surface area contributed by atoms with Gasteiger partial charge in [0.1, 0.15) is 6.61 Å². The molecular weight excluding hydrogens is 358 g/mol. The Morgan fingerprint density at radius 1 is 1.00 bits per heavy atom. The summed E-state index contributed by atoms with van der Waals surface area (Å²) in [6.45, 7) is 3.33. The van der Waals surface area contributed by atoms with Crippen LogP contribution in [0.25, 0.3) is 0 Å². The molecule has 3 nitrogen and oxygen atoms in total. The van der Waals surface area contributed by atoms with Crippen molar-refractivity contribution in [2.45, 2.75) is 64.6 Å². The molecule has 0 radical (unpaired) electrons. The Hall–Kier alpha value is -1.71. The molecule has 0 aromatic heterocycles. The first-order valence-corrected chi connectivity index (χ1v) is 10.3. The van der Waals surface area contributed by atoms with Crippen LogP contribution in [-0.2, 0) is 13.2 Å². The highest BCUT2D eigenvalue weighted by molar-refractivity contribution is 6.31.